The maximum absolute atomic E-state index is 12.5. The highest BCUT2D eigenvalue weighted by molar-refractivity contribution is 5.95. The first kappa shape index (κ1) is 14.2. The molecule has 0 aliphatic heterocycles. The zero-order valence-electron chi connectivity index (χ0n) is 12.6. The van der Waals surface area contributed by atoms with Crippen LogP contribution < -0.4 is 5.32 Å². The Morgan fingerprint density at radius 2 is 1.55 bits per heavy atom. The Balaban J connectivity index is 1.87. The third kappa shape index (κ3) is 2.81. The third-order valence-electron chi connectivity index (χ3n) is 3.61. The molecule has 0 saturated carbocycles. The number of rotatable bonds is 3. The van der Waals surface area contributed by atoms with Gasteiger partial charge in [-0.2, -0.15) is 0 Å². The molecule has 0 fully saturated rings. The van der Waals surface area contributed by atoms with Gasteiger partial charge in [-0.1, -0.05) is 42.5 Å². The second kappa shape index (κ2) is 5.93. The van der Waals surface area contributed by atoms with E-state index in [2.05, 4.69) is 15.3 Å². The van der Waals surface area contributed by atoms with Crippen molar-refractivity contribution in [2.24, 2.45) is 0 Å². The van der Waals surface area contributed by atoms with Gasteiger partial charge in [0.05, 0.1) is 22.8 Å². The SMILES string of the molecule is Cc1nc2ccccc2nc1C(=O)NC(C)c1ccccc1. The van der Waals surface area contributed by atoms with E-state index in [0.717, 1.165) is 16.6 Å². The number of hydrogen-bond donors (Lipinski definition) is 1. The van der Waals surface area contributed by atoms with Crippen LogP contribution in [0.2, 0.25) is 0 Å². The van der Waals surface area contributed by atoms with Crippen LogP contribution in [0.4, 0.5) is 0 Å². The average Bonchev–Trinajstić information content (AvgIpc) is 2.54. The second-order valence-corrected chi connectivity index (χ2v) is 5.25. The number of para-hydroxylation sites is 2. The van der Waals surface area contributed by atoms with Crippen LogP contribution in [-0.2, 0) is 0 Å². The molecule has 3 aromatic rings. The highest BCUT2D eigenvalue weighted by Crippen LogP contribution is 2.15. The summed E-state index contributed by atoms with van der Waals surface area (Å²) in [7, 11) is 0. The number of nitrogens with zero attached hydrogens (tertiary/aromatic N) is 2. The Morgan fingerprint density at radius 1 is 0.955 bits per heavy atom. The Labute approximate surface area is 129 Å². The van der Waals surface area contributed by atoms with Crippen LogP contribution in [0.1, 0.15) is 34.7 Å². The molecule has 1 N–H and O–H groups in total. The lowest BCUT2D eigenvalue weighted by molar-refractivity contribution is 0.0934. The van der Waals surface area contributed by atoms with Crippen LogP contribution in [0.3, 0.4) is 0 Å². The smallest absolute Gasteiger partial charge is 0.272 e. The Bertz CT molecular complexity index is 815. The minimum Gasteiger partial charge on any atom is -0.344 e. The zero-order chi connectivity index (χ0) is 15.5. The number of hydrogen-bond acceptors (Lipinski definition) is 3. The van der Waals surface area contributed by atoms with Crippen molar-refractivity contribution >= 4 is 16.9 Å². The molecule has 3 rings (SSSR count). The number of carbonyl (C=O) groups excluding carboxylic acids is 1. The third-order valence-corrected chi connectivity index (χ3v) is 3.61. The van der Waals surface area contributed by atoms with E-state index in [-0.39, 0.29) is 11.9 Å². The number of fused-ring (bicyclic) bond motifs is 1. The maximum Gasteiger partial charge on any atom is 0.272 e. The van der Waals surface area contributed by atoms with Crippen molar-refractivity contribution in [2.75, 3.05) is 0 Å². The van der Waals surface area contributed by atoms with Gasteiger partial charge in [0.2, 0.25) is 0 Å². The topological polar surface area (TPSA) is 54.9 Å². The molecule has 0 radical (unpaired) electrons. The normalized spacial score (nSPS) is 12.1. The summed E-state index contributed by atoms with van der Waals surface area (Å²) < 4.78 is 0. The van der Waals surface area contributed by atoms with Crippen molar-refractivity contribution in [1.82, 2.24) is 15.3 Å². The number of amides is 1. The van der Waals surface area contributed by atoms with Crippen molar-refractivity contribution < 1.29 is 4.79 Å². The van der Waals surface area contributed by atoms with E-state index >= 15 is 0 Å². The summed E-state index contributed by atoms with van der Waals surface area (Å²) in [5, 5.41) is 2.98. The standard InChI is InChI=1S/C18H17N3O/c1-12(14-8-4-3-5-9-14)20-18(22)17-13(2)19-15-10-6-7-11-16(15)21-17/h3-12H,1-2H3,(H,20,22). The van der Waals surface area contributed by atoms with Gasteiger partial charge in [-0.25, -0.2) is 9.97 Å². The van der Waals surface area contributed by atoms with Gasteiger partial charge in [0.1, 0.15) is 5.69 Å². The van der Waals surface area contributed by atoms with Crippen LogP contribution in [0.15, 0.2) is 54.6 Å². The van der Waals surface area contributed by atoms with E-state index in [9.17, 15) is 4.79 Å². The first-order chi connectivity index (χ1) is 10.6. The molecule has 0 spiro atoms. The minimum atomic E-state index is -0.202. The molecule has 1 aromatic heterocycles. The molecule has 0 saturated heterocycles. The lowest BCUT2D eigenvalue weighted by Crippen LogP contribution is -2.28. The lowest BCUT2D eigenvalue weighted by atomic mass is 10.1. The molecule has 1 atom stereocenters. The van der Waals surface area contributed by atoms with E-state index in [4.69, 9.17) is 0 Å². The van der Waals surface area contributed by atoms with Crippen molar-refractivity contribution in [2.45, 2.75) is 19.9 Å². The van der Waals surface area contributed by atoms with Crippen LogP contribution in [-0.4, -0.2) is 15.9 Å². The fourth-order valence-corrected chi connectivity index (χ4v) is 2.39. The van der Waals surface area contributed by atoms with Crippen LogP contribution in [0.5, 0.6) is 0 Å². The Kier molecular flexibility index (Phi) is 3.83. The Hall–Kier alpha value is -2.75. The van der Waals surface area contributed by atoms with Gasteiger partial charge < -0.3 is 5.32 Å². The lowest BCUT2D eigenvalue weighted by Gasteiger charge is -2.14. The quantitative estimate of drug-likeness (QED) is 0.804. The fraction of sp³-hybridized carbons (Fsp3) is 0.167. The molecular weight excluding hydrogens is 274 g/mol. The number of aromatic nitrogens is 2. The molecule has 1 heterocycles. The van der Waals surface area contributed by atoms with E-state index in [1.807, 2.05) is 68.4 Å². The van der Waals surface area contributed by atoms with Crippen molar-refractivity contribution in [3.8, 4) is 0 Å². The van der Waals surface area contributed by atoms with E-state index in [1.165, 1.54) is 0 Å². The van der Waals surface area contributed by atoms with Crippen LogP contribution in [0.25, 0.3) is 11.0 Å². The van der Waals surface area contributed by atoms with Crippen molar-refractivity contribution in [3.63, 3.8) is 0 Å². The molecule has 110 valence electrons. The van der Waals surface area contributed by atoms with Gasteiger partial charge in [-0.05, 0) is 31.5 Å². The average molecular weight is 291 g/mol. The molecule has 1 unspecified atom stereocenters. The van der Waals surface area contributed by atoms with E-state index in [1.54, 1.807) is 0 Å². The van der Waals surface area contributed by atoms with Gasteiger partial charge in [0, 0.05) is 0 Å². The Morgan fingerprint density at radius 3 is 2.23 bits per heavy atom. The van der Waals surface area contributed by atoms with Crippen LogP contribution >= 0.6 is 0 Å². The molecule has 4 heteroatoms. The van der Waals surface area contributed by atoms with Crippen LogP contribution in [0, 0.1) is 6.92 Å². The zero-order valence-corrected chi connectivity index (χ0v) is 12.6. The largest absolute Gasteiger partial charge is 0.344 e. The molecule has 0 aliphatic rings. The fourth-order valence-electron chi connectivity index (χ4n) is 2.39. The van der Waals surface area contributed by atoms with Gasteiger partial charge in [-0.15, -0.1) is 0 Å². The number of nitrogens with one attached hydrogen (secondary N) is 1. The highest BCUT2D eigenvalue weighted by Gasteiger charge is 2.16. The number of carbonyl (C=O) groups is 1. The summed E-state index contributed by atoms with van der Waals surface area (Å²) >= 11 is 0. The predicted molar refractivity (Wildman–Crippen MR) is 86.6 cm³/mol. The summed E-state index contributed by atoms with van der Waals surface area (Å²) in [5.41, 5.74) is 3.60. The van der Waals surface area contributed by atoms with Crippen molar-refractivity contribution in [3.05, 3.63) is 71.5 Å². The summed E-state index contributed by atoms with van der Waals surface area (Å²) in [6.07, 6.45) is 0. The first-order valence-electron chi connectivity index (χ1n) is 7.24. The van der Waals surface area contributed by atoms with Gasteiger partial charge in [0.15, 0.2) is 0 Å². The first-order valence-corrected chi connectivity index (χ1v) is 7.24. The summed E-state index contributed by atoms with van der Waals surface area (Å²) in [4.78, 5) is 21.4. The summed E-state index contributed by atoms with van der Waals surface area (Å²) in [6, 6.07) is 17.3. The molecule has 22 heavy (non-hydrogen) atoms. The monoisotopic (exact) mass is 291 g/mol. The molecule has 0 aliphatic carbocycles. The highest BCUT2D eigenvalue weighted by atomic mass is 16.1. The van der Waals surface area contributed by atoms with Gasteiger partial charge in [0.25, 0.3) is 5.91 Å². The maximum atomic E-state index is 12.5. The molecular formula is C18H17N3O. The van der Waals surface area contributed by atoms with E-state index < -0.39 is 0 Å². The minimum absolute atomic E-state index is 0.0821. The summed E-state index contributed by atoms with van der Waals surface area (Å²) in [5.74, 6) is -0.202. The predicted octanol–water partition coefficient (Wildman–Crippen LogP) is 3.43. The summed E-state index contributed by atoms with van der Waals surface area (Å²) in [6.45, 7) is 3.76. The van der Waals surface area contributed by atoms with Gasteiger partial charge in [-0.3, -0.25) is 4.79 Å². The van der Waals surface area contributed by atoms with Gasteiger partial charge >= 0.3 is 0 Å². The molecule has 0 bridgehead atoms. The number of benzene rings is 2. The second-order valence-electron chi connectivity index (χ2n) is 5.25. The molecule has 4 nitrogen and oxygen atoms in total. The molecule has 2 aromatic carbocycles. The molecule has 1 amide bonds. The number of aryl methyl sites for hydroxylation is 1. The van der Waals surface area contributed by atoms with E-state index in [0.29, 0.717) is 11.4 Å². The van der Waals surface area contributed by atoms with Crippen molar-refractivity contribution in [1.29, 1.82) is 0 Å².